The van der Waals surface area contributed by atoms with E-state index in [2.05, 4.69) is 31.3 Å². The first-order valence-corrected chi connectivity index (χ1v) is 23.5. The van der Waals surface area contributed by atoms with Gasteiger partial charge >= 0.3 is 7.82 Å². The Labute approximate surface area is 322 Å². The van der Waals surface area contributed by atoms with Crippen LogP contribution in [-0.2, 0) is 18.4 Å². The molecule has 0 fully saturated rings. The minimum Gasteiger partial charge on any atom is -0.391 e. The maximum Gasteiger partial charge on any atom is 0.472 e. The zero-order valence-electron chi connectivity index (χ0n) is 35.1. The number of allylic oxidation sites excluding steroid dienone is 2. The highest BCUT2D eigenvalue weighted by atomic mass is 31.2. The van der Waals surface area contributed by atoms with Crippen molar-refractivity contribution in [3.63, 3.8) is 0 Å². The molecular weight excluding hydrogens is 671 g/mol. The van der Waals surface area contributed by atoms with Crippen molar-refractivity contribution >= 4 is 13.7 Å². The fraction of sp³-hybridized carbons (Fsp3) is 0.930. The summed E-state index contributed by atoms with van der Waals surface area (Å²) in [6.45, 7) is 4.85. The van der Waals surface area contributed by atoms with Crippen molar-refractivity contribution in [1.29, 1.82) is 0 Å². The van der Waals surface area contributed by atoms with Gasteiger partial charge in [0, 0.05) is 6.42 Å². The predicted octanol–water partition coefficient (Wildman–Crippen LogP) is 12.0. The molecule has 8 nitrogen and oxygen atoms in total. The molecule has 0 saturated carbocycles. The number of carbonyl (C=O) groups is 1. The summed E-state index contributed by atoms with van der Waals surface area (Å²) in [5.41, 5.74) is 0. The molecule has 310 valence electrons. The fourth-order valence-electron chi connectivity index (χ4n) is 6.45. The van der Waals surface area contributed by atoms with E-state index in [9.17, 15) is 19.4 Å². The molecule has 0 aliphatic rings. The number of aliphatic hydroxyl groups excluding tert-OH is 1. The van der Waals surface area contributed by atoms with E-state index in [0.29, 0.717) is 23.9 Å². The summed E-state index contributed by atoms with van der Waals surface area (Å²) >= 11 is 0. The van der Waals surface area contributed by atoms with Gasteiger partial charge in [0.1, 0.15) is 13.2 Å². The van der Waals surface area contributed by atoms with E-state index in [0.717, 1.165) is 44.9 Å². The number of unbranched alkanes of at least 4 members (excludes halogenated alkanes) is 25. The summed E-state index contributed by atoms with van der Waals surface area (Å²) in [5, 5.41) is 13.9. The highest BCUT2D eigenvalue weighted by molar-refractivity contribution is 7.47. The summed E-state index contributed by atoms with van der Waals surface area (Å²) < 4.78 is 23.6. The quantitative estimate of drug-likeness (QED) is 0.0249. The Kier molecular flexibility index (Phi) is 35.4. The molecule has 0 saturated heterocycles. The topological polar surface area (TPSA) is 105 Å². The second-order valence-corrected chi connectivity index (χ2v) is 17.9. The maximum atomic E-state index is 12.9. The highest BCUT2D eigenvalue weighted by Gasteiger charge is 2.28. The SMILES string of the molecule is CCCCCCC/C=C/CCCC[C@@H](O)[C@H](COP(=O)(O)OCC[N+](C)(C)C)NC(=O)CCCCCCCCCCCCCCCCCCCCC. The van der Waals surface area contributed by atoms with Gasteiger partial charge in [-0.25, -0.2) is 4.57 Å². The molecular formula is C43H88N2O6P+. The Balaban J connectivity index is 4.29. The Morgan fingerprint density at radius 3 is 1.48 bits per heavy atom. The Morgan fingerprint density at radius 1 is 0.635 bits per heavy atom. The lowest BCUT2D eigenvalue weighted by Gasteiger charge is -2.26. The molecule has 0 aliphatic heterocycles. The molecule has 3 atom stereocenters. The largest absolute Gasteiger partial charge is 0.472 e. The number of carbonyl (C=O) groups excluding carboxylic acids is 1. The monoisotopic (exact) mass is 760 g/mol. The number of amides is 1. The van der Waals surface area contributed by atoms with Gasteiger partial charge in [-0.3, -0.25) is 13.8 Å². The van der Waals surface area contributed by atoms with Crippen LogP contribution < -0.4 is 5.32 Å². The number of phosphoric acid groups is 1. The number of nitrogens with one attached hydrogen (secondary N) is 1. The smallest absolute Gasteiger partial charge is 0.391 e. The molecule has 52 heavy (non-hydrogen) atoms. The Hall–Kier alpha value is -0.760. The normalized spacial score (nSPS) is 14.5. The van der Waals surface area contributed by atoms with Gasteiger partial charge < -0.3 is 19.8 Å². The number of hydrogen-bond acceptors (Lipinski definition) is 5. The highest BCUT2D eigenvalue weighted by Crippen LogP contribution is 2.43. The van der Waals surface area contributed by atoms with E-state index < -0.39 is 20.0 Å². The van der Waals surface area contributed by atoms with E-state index >= 15 is 0 Å². The van der Waals surface area contributed by atoms with Gasteiger partial charge in [0.2, 0.25) is 5.91 Å². The summed E-state index contributed by atoms with van der Waals surface area (Å²) in [7, 11) is 1.60. The van der Waals surface area contributed by atoms with E-state index in [1.165, 1.54) is 135 Å². The van der Waals surface area contributed by atoms with Gasteiger partial charge in [-0.15, -0.1) is 0 Å². The van der Waals surface area contributed by atoms with Gasteiger partial charge in [0.05, 0.1) is 39.9 Å². The van der Waals surface area contributed by atoms with Gasteiger partial charge in [-0.2, -0.15) is 0 Å². The van der Waals surface area contributed by atoms with Crippen LogP contribution in [-0.4, -0.2) is 73.4 Å². The lowest BCUT2D eigenvalue weighted by molar-refractivity contribution is -0.870. The summed E-state index contributed by atoms with van der Waals surface area (Å²) in [6.07, 6.45) is 39.6. The molecule has 0 aromatic rings. The van der Waals surface area contributed by atoms with Gasteiger partial charge in [0.25, 0.3) is 0 Å². The van der Waals surface area contributed by atoms with Crippen molar-refractivity contribution in [1.82, 2.24) is 5.32 Å². The van der Waals surface area contributed by atoms with Crippen LogP contribution in [0, 0.1) is 0 Å². The number of nitrogens with zero attached hydrogens (tertiary/aromatic N) is 1. The molecule has 0 bridgehead atoms. The maximum absolute atomic E-state index is 12.9. The summed E-state index contributed by atoms with van der Waals surface area (Å²) in [6, 6.07) is -0.769. The average molecular weight is 760 g/mol. The van der Waals surface area contributed by atoms with Gasteiger partial charge in [-0.05, 0) is 38.5 Å². The van der Waals surface area contributed by atoms with Crippen LogP contribution >= 0.6 is 7.82 Å². The van der Waals surface area contributed by atoms with Crippen LogP contribution in [0.5, 0.6) is 0 Å². The van der Waals surface area contributed by atoms with E-state index in [4.69, 9.17) is 9.05 Å². The molecule has 0 aliphatic carbocycles. The van der Waals surface area contributed by atoms with E-state index in [1.54, 1.807) is 0 Å². The summed E-state index contributed by atoms with van der Waals surface area (Å²) in [4.78, 5) is 23.1. The van der Waals surface area contributed by atoms with Crippen molar-refractivity contribution in [3.8, 4) is 0 Å². The molecule has 0 aromatic carbocycles. The first-order chi connectivity index (χ1) is 25.0. The number of rotatable bonds is 40. The third-order valence-corrected chi connectivity index (χ3v) is 11.0. The van der Waals surface area contributed by atoms with Crippen molar-refractivity contribution in [2.24, 2.45) is 0 Å². The van der Waals surface area contributed by atoms with Crippen LogP contribution in [0.25, 0.3) is 0 Å². The first kappa shape index (κ1) is 51.2. The molecule has 0 spiro atoms. The number of aliphatic hydroxyl groups is 1. The minimum absolute atomic E-state index is 0.0719. The lowest BCUT2D eigenvalue weighted by atomic mass is 10.0. The Morgan fingerprint density at radius 2 is 1.04 bits per heavy atom. The van der Waals surface area contributed by atoms with Crippen molar-refractivity contribution in [2.75, 3.05) is 40.9 Å². The predicted molar refractivity (Wildman–Crippen MR) is 222 cm³/mol. The molecule has 1 unspecified atom stereocenters. The molecule has 0 rings (SSSR count). The van der Waals surface area contributed by atoms with Crippen molar-refractivity contribution in [3.05, 3.63) is 12.2 Å². The molecule has 0 radical (unpaired) electrons. The minimum atomic E-state index is -4.31. The lowest BCUT2D eigenvalue weighted by Crippen LogP contribution is -2.46. The van der Waals surface area contributed by atoms with Crippen LogP contribution in [0.4, 0.5) is 0 Å². The van der Waals surface area contributed by atoms with E-state index in [1.807, 2.05) is 21.1 Å². The Bertz CT molecular complexity index is 865. The van der Waals surface area contributed by atoms with Crippen LogP contribution in [0.3, 0.4) is 0 Å². The number of phosphoric ester groups is 1. The molecule has 0 aromatic heterocycles. The number of likely N-dealkylation sites (N-methyl/N-ethyl adjacent to an activating group) is 1. The number of hydrogen-bond donors (Lipinski definition) is 3. The molecule has 1 amide bonds. The van der Waals surface area contributed by atoms with Gasteiger partial charge in [0.15, 0.2) is 0 Å². The fourth-order valence-corrected chi connectivity index (χ4v) is 7.19. The molecule has 0 heterocycles. The van der Waals surface area contributed by atoms with Crippen molar-refractivity contribution in [2.45, 2.75) is 219 Å². The standard InChI is InChI=1S/C43H87N2O6P/c1-6-8-10-12-14-16-18-19-20-21-22-23-24-25-27-29-31-33-35-37-43(47)44-41(40-51-52(48,49)50-39-38-45(3,4)5)42(46)36-34-32-30-28-26-17-15-13-11-9-7-2/h26,28,41-42,46H,6-25,27,29-40H2,1-5H3,(H-,44,47,48,49)/p+1/b28-26+/t41-,42+/m0/s1. The van der Waals surface area contributed by atoms with Crippen LogP contribution in [0.15, 0.2) is 12.2 Å². The third kappa shape index (κ3) is 37.6. The number of quaternary nitrogens is 1. The summed E-state index contributed by atoms with van der Waals surface area (Å²) in [5.74, 6) is -0.153. The van der Waals surface area contributed by atoms with Gasteiger partial charge in [-0.1, -0.05) is 174 Å². The van der Waals surface area contributed by atoms with Crippen LogP contribution in [0.2, 0.25) is 0 Å². The zero-order chi connectivity index (χ0) is 38.6. The second kappa shape index (κ2) is 35.9. The molecule has 9 heteroatoms. The average Bonchev–Trinajstić information content (AvgIpc) is 3.09. The second-order valence-electron chi connectivity index (χ2n) is 16.4. The van der Waals surface area contributed by atoms with E-state index in [-0.39, 0.29) is 19.1 Å². The first-order valence-electron chi connectivity index (χ1n) is 22.1. The third-order valence-electron chi connectivity index (χ3n) is 10.0. The molecule has 3 N–H and O–H groups in total. The van der Waals surface area contributed by atoms with Crippen molar-refractivity contribution < 1.29 is 32.9 Å². The zero-order valence-corrected chi connectivity index (χ0v) is 36.0. The van der Waals surface area contributed by atoms with Crippen LogP contribution in [0.1, 0.15) is 206 Å².